The molecule has 104 valence electrons. The van der Waals surface area contributed by atoms with E-state index in [4.69, 9.17) is 0 Å². The third-order valence-electron chi connectivity index (χ3n) is 4.89. The maximum atomic E-state index is 3.73. The lowest BCUT2D eigenvalue weighted by Gasteiger charge is -2.30. The lowest BCUT2D eigenvalue weighted by atomic mass is 9.89. The molecule has 2 atom stereocenters. The van der Waals surface area contributed by atoms with Crippen LogP contribution in [0.25, 0.3) is 0 Å². The molecule has 2 heteroatoms. The van der Waals surface area contributed by atoms with Crippen LogP contribution in [-0.4, -0.2) is 25.7 Å². The molecule has 2 fully saturated rings. The molecule has 2 aliphatic rings. The van der Waals surface area contributed by atoms with Crippen molar-refractivity contribution in [3.8, 4) is 0 Å². The van der Waals surface area contributed by atoms with Gasteiger partial charge in [-0.15, -0.1) is 0 Å². The standard InChI is InChI=1S/C17H26N2/c1-13-4-3-5-17(10-13)19(2)9-8-14-11-15-6-7-16(12-14)18-15/h3-5,10,14-16,18H,6-9,11-12H2,1-2H3. The lowest BCUT2D eigenvalue weighted by molar-refractivity contribution is 0.288. The van der Waals surface area contributed by atoms with Gasteiger partial charge in [0.25, 0.3) is 0 Å². The van der Waals surface area contributed by atoms with Crippen LogP contribution in [0.1, 0.15) is 37.7 Å². The summed E-state index contributed by atoms with van der Waals surface area (Å²) in [7, 11) is 2.23. The van der Waals surface area contributed by atoms with E-state index in [0.29, 0.717) is 0 Å². The third-order valence-corrected chi connectivity index (χ3v) is 4.89. The van der Waals surface area contributed by atoms with Crippen molar-refractivity contribution < 1.29 is 0 Å². The van der Waals surface area contributed by atoms with Crippen LogP contribution in [0.2, 0.25) is 0 Å². The molecular weight excluding hydrogens is 232 g/mol. The van der Waals surface area contributed by atoms with Crippen LogP contribution in [0.5, 0.6) is 0 Å². The number of nitrogens with zero attached hydrogens (tertiary/aromatic N) is 1. The average Bonchev–Trinajstić information content (AvgIpc) is 2.75. The molecule has 0 amide bonds. The van der Waals surface area contributed by atoms with Gasteiger partial charge in [-0.3, -0.25) is 0 Å². The quantitative estimate of drug-likeness (QED) is 0.891. The lowest BCUT2D eigenvalue weighted by Crippen LogP contribution is -2.38. The molecule has 2 bridgehead atoms. The number of hydrogen-bond acceptors (Lipinski definition) is 2. The maximum Gasteiger partial charge on any atom is 0.0366 e. The zero-order valence-corrected chi connectivity index (χ0v) is 12.2. The highest BCUT2D eigenvalue weighted by atomic mass is 15.1. The Morgan fingerprint density at radius 1 is 1.21 bits per heavy atom. The van der Waals surface area contributed by atoms with Crippen molar-refractivity contribution in [3.05, 3.63) is 29.8 Å². The number of hydrogen-bond donors (Lipinski definition) is 1. The van der Waals surface area contributed by atoms with E-state index in [1.54, 1.807) is 0 Å². The molecule has 0 aliphatic carbocycles. The normalized spacial score (nSPS) is 29.5. The molecule has 0 spiro atoms. The van der Waals surface area contributed by atoms with Crippen LogP contribution in [0.3, 0.4) is 0 Å². The Kier molecular flexibility index (Phi) is 3.79. The molecule has 2 heterocycles. The second kappa shape index (κ2) is 5.54. The van der Waals surface area contributed by atoms with E-state index in [1.165, 1.54) is 49.9 Å². The fourth-order valence-corrected chi connectivity index (χ4v) is 3.78. The summed E-state index contributed by atoms with van der Waals surface area (Å²) in [6.07, 6.45) is 6.97. The predicted molar refractivity (Wildman–Crippen MR) is 81.7 cm³/mol. The van der Waals surface area contributed by atoms with E-state index < -0.39 is 0 Å². The Bertz CT molecular complexity index is 417. The topological polar surface area (TPSA) is 15.3 Å². The average molecular weight is 258 g/mol. The molecule has 3 rings (SSSR count). The molecule has 2 nitrogen and oxygen atoms in total. The molecule has 19 heavy (non-hydrogen) atoms. The molecule has 0 aromatic heterocycles. The van der Waals surface area contributed by atoms with Gasteiger partial charge < -0.3 is 10.2 Å². The first-order chi connectivity index (χ1) is 9.20. The van der Waals surface area contributed by atoms with E-state index in [9.17, 15) is 0 Å². The molecular formula is C17H26N2. The monoisotopic (exact) mass is 258 g/mol. The molecule has 1 aromatic carbocycles. The summed E-state index contributed by atoms with van der Waals surface area (Å²) in [5.41, 5.74) is 2.71. The van der Waals surface area contributed by atoms with Crippen molar-refractivity contribution in [2.45, 2.75) is 51.1 Å². The summed E-state index contributed by atoms with van der Waals surface area (Å²) in [6.45, 7) is 3.36. The number of rotatable bonds is 4. The third kappa shape index (κ3) is 3.11. The second-order valence-corrected chi connectivity index (χ2v) is 6.52. The first-order valence-corrected chi connectivity index (χ1v) is 7.74. The summed E-state index contributed by atoms with van der Waals surface area (Å²) < 4.78 is 0. The van der Waals surface area contributed by atoms with Crippen LogP contribution in [0.15, 0.2) is 24.3 Å². The molecule has 2 aliphatic heterocycles. The van der Waals surface area contributed by atoms with E-state index in [2.05, 4.69) is 48.5 Å². The number of benzene rings is 1. The van der Waals surface area contributed by atoms with Crippen LogP contribution in [0.4, 0.5) is 5.69 Å². The Labute approximate surface area is 117 Å². The van der Waals surface area contributed by atoms with Gasteiger partial charge in [-0.25, -0.2) is 0 Å². The van der Waals surface area contributed by atoms with Gasteiger partial charge in [-0.2, -0.15) is 0 Å². The minimum atomic E-state index is 0.827. The SMILES string of the molecule is Cc1cccc(N(C)CCC2CC3CCC(C2)N3)c1. The zero-order chi connectivity index (χ0) is 13.2. The second-order valence-electron chi connectivity index (χ2n) is 6.52. The van der Waals surface area contributed by atoms with Gasteiger partial charge in [-0.05, 0) is 62.6 Å². The summed E-state index contributed by atoms with van der Waals surface area (Å²) in [5, 5.41) is 3.73. The number of piperidine rings is 1. The van der Waals surface area contributed by atoms with Gasteiger partial charge in [0.2, 0.25) is 0 Å². The summed E-state index contributed by atoms with van der Waals surface area (Å²) in [5.74, 6) is 0.936. The number of nitrogens with one attached hydrogen (secondary N) is 1. The van der Waals surface area contributed by atoms with Gasteiger partial charge in [-0.1, -0.05) is 12.1 Å². The van der Waals surface area contributed by atoms with Gasteiger partial charge in [0.1, 0.15) is 0 Å². The summed E-state index contributed by atoms with van der Waals surface area (Å²) >= 11 is 0. The van der Waals surface area contributed by atoms with Crippen molar-refractivity contribution in [1.29, 1.82) is 0 Å². The van der Waals surface area contributed by atoms with E-state index in [1.807, 2.05) is 0 Å². The van der Waals surface area contributed by atoms with Crippen LogP contribution in [-0.2, 0) is 0 Å². The largest absolute Gasteiger partial charge is 0.375 e. The first-order valence-electron chi connectivity index (χ1n) is 7.74. The van der Waals surface area contributed by atoms with Crippen molar-refractivity contribution in [1.82, 2.24) is 5.32 Å². The van der Waals surface area contributed by atoms with Crippen molar-refractivity contribution in [2.75, 3.05) is 18.5 Å². The molecule has 0 saturated carbocycles. The van der Waals surface area contributed by atoms with Crippen LogP contribution >= 0.6 is 0 Å². The molecule has 2 saturated heterocycles. The van der Waals surface area contributed by atoms with Gasteiger partial charge >= 0.3 is 0 Å². The molecule has 1 N–H and O–H groups in total. The highest BCUT2D eigenvalue weighted by Crippen LogP contribution is 2.32. The minimum absolute atomic E-state index is 0.827. The fourth-order valence-electron chi connectivity index (χ4n) is 3.78. The fraction of sp³-hybridized carbons (Fsp3) is 0.647. The van der Waals surface area contributed by atoms with Crippen molar-refractivity contribution in [2.24, 2.45) is 5.92 Å². The first kappa shape index (κ1) is 13.0. The molecule has 1 aromatic rings. The summed E-state index contributed by atoms with van der Waals surface area (Å²) in [4.78, 5) is 2.41. The van der Waals surface area contributed by atoms with Gasteiger partial charge in [0.15, 0.2) is 0 Å². The zero-order valence-electron chi connectivity index (χ0n) is 12.2. The van der Waals surface area contributed by atoms with Crippen LogP contribution < -0.4 is 10.2 Å². The van der Waals surface area contributed by atoms with Gasteiger partial charge in [0, 0.05) is 31.4 Å². The Morgan fingerprint density at radius 3 is 2.63 bits per heavy atom. The Balaban J connectivity index is 1.52. The molecule has 0 radical (unpaired) electrons. The highest BCUT2D eigenvalue weighted by molar-refractivity contribution is 5.47. The van der Waals surface area contributed by atoms with Gasteiger partial charge in [0.05, 0.1) is 0 Å². The number of fused-ring (bicyclic) bond motifs is 2. The Hall–Kier alpha value is -1.02. The smallest absolute Gasteiger partial charge is 0.0366 e. The molecule has 2 unspecified atom stereocenters. The minimum Gasteiger partial charge on any atom is -0.375 e. The van der Waals surface area contributed by atoms with Crippen LogP contribution in [0, 0.1) is 12.8 Å². The summed E-state index contributed by atoms with van der Waals surface area (Å²) in [6, 6.07) is 10.5. The van der Waals surface area contributed by atoms with E-state index in [-0.39, 0.29) is 0 Å². The van der Waals surface area contributed by atoms with E-state index in [0.717, 1.165) is 18.0 Å². The Morgan fingerprint density at radius 2 is 1.95 bits per heavy atom. The highest BCUT2D eigenvalue weighted by Gasteiger charge is 2.33. The predicted octanol–water partition coefficient (Wildman–Crippen LogP) is 3.35. The van der Waals surface area contributed by atoms with E-state index >= 15 is 0 Å². The van der Waals surface area contributed by atoms with Crippen molar-refractivity contribution in [3.63, 3.8) is 0 Å². The number of aryl methyl sites for hydroxylation is 1. The van der Waals surface area contributed by atoms with Crippen molar-refractivity contribution >= 4 is 5.69 Å². The number of anilines is 1. The maximum absolute atomic E-state index is 3.73.